The molecule has 2 aliphatic rings. The number of nitrogens with zero attached hydrogens (tertiary/aromatic N) is 4. The minimum atomic E-state index is -0.895. The van der Waals surface area contributed by atoms with Gasteiger partial charge in [-0.3, -0.25) is 4.79 Å². The van der Waals surface area contributed by atoms with E-state index in [1.807, 2.05) is 54.4 Å². The largest absolute Gasteiger partial charge is 0.488 e. The number of rotatable bonds is 15. The van der Waals surface area contributed by atoms with Crippen LogP contribution in [-0.4, -0.2) is 81.2 Å². The molecule has 64 heavy (non-hydrogen) atoms. The van der Waals surface area contributed by atoms with E-state index in [0.29, 0.717) is 31.7 Å². The number of amides is 3. The molecule has 2 unspecified atom stereocenters. The second-order valence-corrected chi connectivity index (χ2v) is 16.4. The fourth-order valence-corrected chi connectivity index (χ4v) is 9.08. The van der Waals surface area contributed by atoms with Gasteiger partial charge in [-0.05, 0) is 83.3 Å². The predicted molar refractivity (Wildman–Crippen MR) is 246 cm³/mol. The Hall–Kier alpha value is -7.09. The fourth-order valence-electron chi connectivity index (χ4n) is 9.08. The number of methoxy groups -OCH3 is 2. The zero-order valence-corrected chi connectivity index (χ0v) is 37.1. The fraction of sp³-hybridized carbons (Fsp3) is 0.340. The molecule has 8 rings (SSSR count). The Balaban J connectivity index is 0.992. The van der Waals surface area contributed by atoms with Gasteiger partial charge in [-0.1, -0.05) is 88.4 Å². The molecule has 2 aliphatic heterocycles. The van der Waals surface area contributed by atoms with Crippen LogP contribution in [0.15, 0.2) is 103 Å². The van der Waals surface area contributed by atoms with E-state index in [9.17, 15) is 14.4 Å². The van der Waals surface area contributed by atoms with Gasteiger partial charge in [0.25, 0.3) is 5.91 Å². The van der Waals surface area contributed by atoms with Crippen LogP contribution in [-0.2, 0) is 27.4 Å². The maximum atomic E-state index is 14.3. The average Bonchev–Trinajstić information content (AvgIpc) is 4.10. The molecule has 3 amide bonds. The molecule has 0 aliphatic carbocycles. The van der Waals surface area contributed by atoms with E-state index in [2.05, 4.69) is 94.5 Å². The number of alkyl carbamates (subject to hydrolysis) is 2. The summed E-state index contributed by atoms with van der Waals surface area (Å²) >= 11 is 0. The van der Waals surface area contributed by atoms with Crippen molar-refractivity contribution in [3.8, 4) is 39.3 Å². The molecule has 1 saturated heterocycles. The van der Waals surface area contributed by atoms with Crippen molar-refractivity contribution in [3.05, 3.63) is 126 Å². The van der Waals surface area contributed by atoms with Gasteiger partial charge in [0.05, 0.1) is 55.8 Å². The summed E-state index contributed by atoms with van der Waals surface area (Å²) in [4.78, 5) is 59.5. The standard InChI is InChI=1S/C50H56N8O6/c1-7-22-57(30(4)39(9-3)55-49(60)62-5)28-44-51-27-42(52-44)35-16-19-38-37-18-15-33(24-36(37)29-64-43(38)26-35)34-17-20-40-41(25-34)54-47(53-40)46-31(8-2)21-23-58(46)48(59)45(56-50(61)63-6)32-13-11-10-12-14-32/h10-20,24-27,31,39,45-46H,4,7-9,21-23,28-29H2,1-3,5-6H3,(H,51,52)(H,53,54)(H,55,60)(H,56,61)/t31-,39?,45?,46+/m1/s1. The highest BCUT2D eigenvalue weighted by Gasteiger charge is 2.42. The molecule has 4 heterocycles. The van der Waals surface area contributed by atoms with E-state index < -0.39 is 18.2 Å². The molecule has 1 fully saturated rings. The number of benzene rings is 4. The van der Waals surface area contributed by atoms with Crippen molar-refractivity contribution in [2.45, 2.75) is 77.7 Å². The lowest BCUT2D eigenvalue weighted by Crippen LogP contribution is -2.43. The molecule has 14 nitrogen and oxygen atoms in total. The normalized spacial score (nSPS) is 16.2. The van der Waals surface area contributed by atoms with E-state index in [-0.39, 0.29) is 23.9 Å². The van der Waals surface area contributed by atoms with Gasteiger partial charge in [0.2, 0.25) is 0 Å². The highest BCUT2D eigenvalue weighted by molar-refractivity contribution is 5.88. The third-order valence-corrected chi connectivity index (χ3v) is 12.5. The van der Waals surface area contributed by atoms with Crippen molar-refractivity contribution in [2.24, 2.45) is 5.92 Å². The lowest BCUT2D eigenvalue weighted by atomic mass is 9.92. The number of aromatic nitrogens is 4. The van der Waals surface area contributed by atoms with Crippen molar-refractivity contribution in [3.63, 3.8) is 0 Å². The number of fused-ring (bicyclic) bond motifs is 4. The predicted octanol–water partition coefficient (Wildman–Crippen LogP) is 9.44. The van der Waals surface area contributed by atoms with Crippen molar-refractivity contribution in [1.29, 1.82) is 0 Å². The van der Waals surface area contributed by atoms with E-state index in [1.165, 1.54) is 14.2 Å². The second kappa shape index (κ2) is 19.1. The summed E-state index contributed by atoms with van der Waals surface area (Å²) in [6.07, 6.45) is 3.99. The number of ether oxygens (including phenoxy) is 3. The number of nitrogens with one attached hydrogen (secondary N) is 4. The van der Waals surface area contributed by atoms with Crippen LogP contribution in [0.5, 0.6) is 5.75 Å². The van der Waals surface area contributed by atoms with Crippen LogP contribution in [0.25, 0.3) is 44.5 Å². The first kappa shape index (κ1) is 43.6. The molecule has 0 bridgehead atoms. The van der Waals surface area contributed by atoms with E-state index in [0.717, 1.165) is 99.0 Å². The topological polar surface area (TPSA) is 167 Å². The number of likely N-dealkylation sites (tertiary alicyclic amines) is 1. The van der Waals surface area contributed by atoms with Gasteiger partial charge in [0.1, 0.15) is 30.0 Å². The van der Waals surface area contributed by atoms with Gasteiger partial charge >= 0.3 is 12.2 Å². The Morgan fingerprint density at radius 3 is 2.39 bits per heavy atom. The molecule has 0 spiro atoms. The first-order valence-corrected chi connectivity index (χ1v) is 22.0. The smallest absolute Gasteiger partial charge is 0.407 e. The zero-order valence-electron chi connectivity index (χ0n) is 37.1. The number of aromatic amines is 2. The second-order valence-electron chi connectivity index (χ2n) is 16.4. The monoisotopic (exact) mass is 864 g/mol. The Bertz CT molecular complexity index is 2660. The summed E-state index contributed by atoms with van der Waals surface area (Å²) < 4.78 is 16.1. The zero-order chi connectivity index (χ0) is 44.9. The molecule has 0 saturated carbocycles. The number of imidazole rings is 2. The minimum Gasteiger partial charge on any atom is -0.488 e. The van der Waals surface area contributed by atoms with Crippen molar-refractivity contribution < 1.29 is 28.6 Å². The maximum absolute atomic E-state index is 14.3. The highest BCUT2D eigenvalue weighted by Crippen LogP contribution is 2.43. The lowest BCUT2D eigenvalue weighted by molar-refractivity contribution is -0.135. The van der Waals surface area contributed by atoms with E-state index >= 15 is 0 Å². The van der Waals surface area contributed by atoms with Crippen LogP contribution in [0, 0.1) is 5.92 Å². The minimum absolute atomic E-state index is 0.195. The summed E-state index contributed by atoms with van der Waals surface area (Å²) in [6.45, 7) is 12.8. The molecular weight excluding hydrogens is 809 g/mol. The van der Waals surface area contributed by atoms with Gasteiger partial charge in [0.15, 0.2) is 0 Å². The van der Waals surface area contributed by atoms with Gasteiger partial charge in [0, 0.05) is 29.9 Å². The molecular formula is C50H56N8O6. The number of hydrogen-bond acceptors (Lipinski definition) is 9. The summed E-state index contributed by atoms with van der Waals surface area (Å²) in [7, 11) is 2.65. The Labute approximate surface area is 373 Å². The van der Waals surface area contributed by atoms with Crippen LogP contribution in [0.2, 0.25) is 0 Å². The quantitative estimate of drug-likeness (QED) is 0.0787. The van der Waals surface area contributed by atoms with Gasteiger partial charge in [-0.25, -0.2) is 19.6 Å². The summed E-state index contributed by atoms with van der Waals surface area (Å²) in [5.41, 5.74) is 10.4. The Kier molecular flexibility index (Phi) is 13.0. The van der Waals surface area contributed by atoms with Gasteiger partial charge in [-0.15, -0.1) is 0 Å². The van der Waals surface area contributed by atoms with Crippen LogP contribution in [0.3, 0.4) is 0 Å². The highest BCUT2D eigenvalue weighted by atomic mass is 16.5. The molecule has 14 heteroatoms. The molecule has 4 atom stereocenters. The third-order valence-electron chi connectivity index (χ3n) is 12.5. The number of carbonyl (C=O) groups is 3. The third kappa shape index (κ3) is 8.90. The average molecular weight is 865 g/mol. The summed E-state index contributed by atoms with van der Waals surface area (Å²) in [5, 5.41) is 5.65. The van der Waals surface area contributed by atoms with Crippen LogP contribution in [0.4, 0.5) is 9.59 Å². The maximum Gasteiger partial charge on any atom is 0.407 e. The Morgan fingerprint density at radius 2 is 1.64 bits per heavy atom. The summed E-state index contributed by atoms with van der Waals surface area (Å²) in [6, 6.07) is 26.8. The summed E-state index contributed by atoms with van der Waals surface area (Å²) in [5.74, 6) is 2.33. The molecule has 4 N–H and O–H groups in total. The molecule has 4 aromatic carbocycles. The number of H-pyrrole nitrogens is 2. The molecule has 6 aromatic rings. The van der Waals surface area contributed by atoms with Gasteiger partial charge < -0.3 is 44.6 Å². The first-order chi connectivity index (χ1) is 31.1. The van der Waals surface area contributed by atoms with Crippen molar-refractivity contribution in [1.82, 2.24) is 40.4 Å². The van der Waals surface area contributed by atoms with Crippen molar-refractivity contribution >= 4 is 29.1 Å². The lowest BCUT2D eigenvalue weighted by Gasteiger charge is -2.30. The van der Waals surface area contributed by atoms with Gasteiger partial charge in [-0.2, -0.15) is 0 Å². The molecule has 332 valence electrons. The molecule has 2 aromatic heterocycles. The van der Waals surface area contributed by atoms with Crippen molar-refractivity contribution in [2.75, 3.05) is 27.3 Å². The Morgan fingerprint density at radius 1 is 0.906 bits per heavy atom. The van der Waals surface area contributed by atoms with Crippen LogP contribution >= 0.6 is 0 Å². The van der Waals surface area contributed by atoms with E-state index in [4.69, 9.17) is 24.2 Å². The number of hydrogen-bond donors (Lipinski definition) is 4. The first-order valence-electron chi connectivity index (χ1n) is 22.0. The van der Waals surface area contributed by atoms with Crippen LogP contribution in [0.1, 0.15) is 81.3 Å². The van der Waals surface area contributed by atoms with Crippen LogP contribution < -0.4 is 15.4 Å². The van der Waals surface area contributed by atoms with E-state index in [1.54, 1.807) is 0 Å². The number of carbonyl (C=O) groups excluding carboxylic acids is 3. The SMILES string of the molecule is C=C(C(CC)NC(=O)OC)N(CCC)Cc1ncc(-c2ccc3c(c2)OCc2cc(-c4ccc5nc([C@@H]6[C@H](CC)CCN6C(=O)C(NC(=O)OC)c6ccccc6)[nH]c5c4)ccc2-3)[nH]1. The molecule has 0 radical (unpaired) electrons.